The molecular weight excluding hydrogens is 241 g/mol. The molecule has 0 saturated heterocycles. The third kappa shape index (κ3) is 3.77. The lowest BCUT2D eigenvalue weighted by Gasteiger charge is -2.43. The molecule has 106 valence electrons. The van der Waals surface area contributed by atoms with Gasteiger partial charge in [-0.1, -0.05) is 12.5 Å². The van der Waals surface area contributed by atoms with Crippen LogP contribution in [0.25, 0.3) is 0 Å². The lowest BCUT2D eigenvalue weighted by Crippen LogP contribution is -2.42. The van der Waals surface area contributed by atoms with Crippen LogP contribution in [0.1, 0.15) is 30.4 Å². The monoisotopic (exact) mass is 265 g/mol. The first-order valence-corrected chi connectivity index (χ1v) is 7.10. The van der Waals surface area contributed by atoms with Crippen LogP contribution in [0.2, 0.25) is 0 Å². The van der Waals surface area contributed by atoms with E-state index in [9.17, 15) is 4.39 Å². The summed E-state index contributed by atoms with van der Waals surface area (Å²) in [6.45, 7) is 4.71. The van der Waals surface area contributed by atoms with Gasteiger partial charge in [0.05, 0.1) is 6.61 Å². The minimum atomic E-state index is -0.123. The highest BCUT2D eigenvalue weighted by Gasteiger charge is 2.36. The van der Waals surface area contributed by atoms with Crippen molar-refractivity contribution in [1.29, 1.82) is 0 Å². The lowest BCUT2D eigenvalue weighted by molar-refractivity contribution is 0.122. The Balaban J connectivity index is 1.96. The number of nitrogens with one attached hydrogen (secondary N) is 1. The van der Waals surface area contributed by atoms with Crippen molar-refractivity contribution in [1.82, 2.24) is 5.32 Å². The molecule has 0 amide bonds. The van der Waals surface area contributed by atoms with Crippen LogP contribution in [0, 0.1) is 18.2 Å². The first kappa shape index (κ1) is 14.5. The van der Waals surface area contributed by atoms with Gasteiger partial charge in [0.1, 0.15) is 5.82 Å². The van der Waals surface area contributed by atoms with Gasteiger partial charge in [-0.25, -0.2) is 4.39 Å². The van der Waals surface area contributed by atoms with Crippen molar-refractivity contribution in [2.45, 2.75) is 32.6 Å². The number of halogens is 1. The minimum absolute atomic E-state index is 0.123. The Labute approximate surface area is 115 Å². The Morgan fingerprint density at radius 1 is 1.37 bits per heavy atom. The number of hydrogen-bond donors (Lipinski definition) is 1. The second-order valence-electron chi connectivity index (χ2n) is 5.77. The quantitative estimate of drug-likeness (QED) is 0.765. The van der Waals surface area contributed by atoms with Gasteiger partial charge in [-0.3, -0.25) is 0 Å². The molecule has 2 nitrogen and oxygen atoms in total. The Morgan fingerprint density at radius 3 is 2.79 bits per heavy atom. The molecule has 0 spiro atoms. The van der Waals surface area contributed by atoms with Crippen molar-refractivity contribution in [2.75, 3.05) is 26.8 Å². The Morgan fingerprint density at radius 2 is 2.16 bits per heavy atom. The molecule has 0 heterocycles. The van der Waals surface area contributed by atoms with Crippen molar-refractivity contribution in [2.24, 2.45) is 5.41 Å². The van der Waals surface area contributed by atoms with Crippen molar-refractivity contribution >= 4 is 0 Å². The van der Waals surface area contributed by atoms with Crippen molar-refractivity contribution < 1.29 is 9.13 Å². The van der Waals surface area contributed by atoms with E-state index in [0.717, 1.165) is 31.7 Å². The van der Waals surface area contributed by atoms with Gasteiger partial charge < -0.3 is 10.1 Å². The van der Waals surface area contributed by atoms with E-state index in [-0.39, 0.29) is 5.82 Å². The van der Waals surface area contributed by atoms with Crippen LogP contribution in [-0.4, -0.2) is 26.8 Å². The van der Waals surface area contributed by atoms with Gasteiger partial charge in [-0.15, -0.1) is 0 Å². The lowest BCUT2D eigenvalue weighted by atomic mass is 9.65. The van der Waals surface area contributed by atoms with E-state index in [0.29, 0.717) is 5.41 Å². The van der Waals surface area contributed by atoms with E-state index in [2.05, 4.69) is 12.2 Å². The third-order valence-corrected chi connectivity index (χ3v) is 4.27. The van der Waals surface area contributed by atoms with Crippen LogP contribution < -0.4 is 5.32 Å². The fourth-order valence-electron chi connectivity index (χ4n) is 2.86. The second-order valence-corrected chi connectivity index (χ2v) is 5.77. The van der Waals surface area contributed by atoms with Crippen LogP contribution in [0.15, 0.2) is 18.2 Å². The van der Waals surface area contributed by atoms with Crippen LogP contribution in [0.4, 0.5) is 4.39 Å². The zero-order chi connectivity index (χ0) is 13.7. The van der Waals surface area contributed by atoms with Gasteiger partial charge in [0, 0.05) is 20.2 Å². The average molecular weight is 265 g/mol. The molecule has 1 aromatic rings. The topological polar surface area (TPSA) is 21.3 Å². The zero-order valence-corrected chi connectivity index (χ0v) is 12.0. The normalized spacial score (nSPS) is 17.2. The molecule has 0 atom stereocenters. The van der Waals surface area contributed by atoms with Gasteiger partial charge in [0.2, 0.25) is 0 Å². The van der Waals surface area contributed by atoms with Crippen molar-refractivity contribution in [3.63, 3.8) is 0 Å². The second kappa shape index (κ2) is 6.49. The summed E-state index contributed by atoms with van der Waals surface area (Å²) in [7, 11) is 1.72. The molecule has 2 rings (SSSR count). The molecule has 1 aliphatic rings. The first-order chi connectivity index (χ1) is 9.15. The van der Waals surface area contributed by atoms with Gasteiger partial charge in [0.15, 0.2) is 0 Å². The van der Waals surface area contributed by atoms with E-state index in [1.54, 1.807) is 19.2 Å². The van der Waals surface area contributed by atoms with Gasteiger partial charge in [0.25, 0.3) is 0 Å². The molecule has 0 aliphatic heterocycles. The van der Waals surface area contributed by atoms with E-state index in [1.165, 1.54) is 24.8 Å². The molecule has 1 fully saturated rings. The largest absolute Gasteiger partial charge is 0.383 e. The van der Waals surface area contributed by atoms with E-state index >= 15 is 0 Å². The highest BCUT2D eigenvalue weighted by atomic mass is 19.1. The molecule has 1 aromatic carbocycles. The maximum absolute atomic E-state index is 13.4. The number of aryl methyl sites for hydroxylation is 1. The summed E-state index contributed by atoms with van der Waals surface area (Å²) in [6, 6.07) is 5.13. The Kier molecular flexibility index (Phi) is 4.94. The Hall–Kier alpha value is -0.930. The van der Waals surface area contributed by atoms with Gasteiger partial charge in [-0.05, 0) is 54.9 Å². The van der Waals surface area contributed by atoms with Crippen LogP contribution in [-0.2, 0) is 11.2 Å². The molecule has 3 heteroatoms. The smallest absolute Gasteiger partial charge is 0.123 e. The van der Waals surface area contributed by atoms with E-state index in [4.69, 9.17) is 4.74 Å². The SMILES string of the molecule is COCCNCC1(Cc2cc(F)ccc2C)CCC1. The standard InChI is InChI=1S/C16H24FNO/c1-13-4-5-15(17)10-14(13)11-16(6-3-7-16)12-18-8-9-19-2/h4-5,10,18H,3,6-9,11-12H2,1-2H3. The summed E-state index contributed by atoms with van der Waals surface area (Å²) < 4.78 is 18.4. The predicted octanol–water partition coefficient (Wildman–Crippen LogP) is 3.08. The molecular formula is C16H24FNO. The maximum atomic E-state index is 13.4. The molecule has 1 aliphatic carbocycles. The van der Waals surface area contributed by atoms with Gasteiger partial charge in [-0.2, -0.15) is 0 Å². The summed E-state index contributed by atoms with van der Waals surface area (Å²) in [4.78, 5) is 0. The molecule has 1 saturated carbocycles. The van der Waals surface area contributed by atoms with E-state index in [1.807, 2.05) is 6.07 Å². The summed E-state index contributed by atoms with van der Waals surface area (Å²) in [5.74, 6) is -0.123. The molecule has 19 heavy (non-hydrogen) atoms. The predicted molar refractivity (Wildman–Crippen MR) is 75.9 cm³/mol. The van der Waals surface area contributed by atoms with Crippen LogP contribution in [0.3, 0.4) is 0 Å². The molecule has 0 radical (unpaired) electrons. The molecule has 0 aromatic heterocycles. The van der Waals surface area contributed by atoms with Crippen molar-refractivity contribution in [3.8, 4) is 0 Å². The maximum Gasteiger partial charge on any atom is 0.123 e. The Bertz CT molecular complexity index is 415. The van der Waals surface area contributed by atoms with Crippen LogP contribution >= 0.6 is 0 Å². The zero-order valence-electron chi connectivity index (χ0n) is 12.0. The van der Waals surface area contributed by atoms with Gasteiger partial charge >= 0.3 is 0 Å². The molecule has 1 N–H and O–H groups in total. The molecule has 0 bridgehead atoms. The summed E-state index contributed by atoms with van der Waals surface area (Å²) in [5.41, 5.74) is 2.68. The highest BCUT2D eigenvalue weighted by molar-refractivity contribution is 5.28. The number of benzene rings is 1. The van der Waals surface area contributed by atoms with Crippen molar-refractivity contribution in [3.05, 3.63) is 35.1 Å². The number of hydrogen-bond acceptors (Lipinski definition) is 2. The minimum Gasteiger partial charge on any atom is -0.383 e. The molecule has 0 unspecified atom stereocenters. The summed E-state index contributed by atoms with van der Waals surface area (Å²) in [5, 5.41) is 3.46. The van der Waals surface area contributed by atoms with Crippen LogP contribution in [0.5, 0.6) is 0 Å². The first-order valence-electron chi connectivity index (χ1n) is 7.10. The number of methoxy groups -OCH3 is 1. The fourth-order valence-corrected chi connectivity index (χ4v) is 2.86. The number of ether oxygens (including phenoxy) is 1. The summed E-state index contributed by atoms with van der Waals surface area (Å²) in [6.07, 6.45) is 4.75. The third-order valence-electron chi connectivity index (χ3n) is 4.27. The van der Waals surface area contributed by atoms with E-state index < -0.39 is 0 Å². The summed E-state index contributed by atoms with van der Waals surface area (Å²) >= 11 is 0. The highest BCUT2D eigenvalue weighted by Crippen LogP contribution is 2.43. The fraction of sp³-hybridized carbons (Fsp3) is 0.625. The number of rotatable bonds is 7. The average Bonchev–Trinajstić information content (AvgIpc) is 2.35.